The Morgan fingerprint density at radius 3 is 2.50 bits per heavy atom. The predicted octanol–water partition coefficient (Wildman–Crippen LogP) is 0.162. The van der Waals surface area contributed by atoms with E-state index in [1.54, 1.807) is 0 Å². The summed E-state index contributed by atoms with van der Waals surface area (Å²) in [6.45, 7) is 2.05. The zero-order valence-corrected chi connectivity index (χ0v) is 7.34. The molecule has 5 heteroatoms. The molecule has 0 aliphatic rings. The first-order valence-corrected chi connectivity index (χ1v) is 4.01. The van der Waals surface area contributed by atoms with Crippen LogP contribution in [-0.2, 0) is 4.79 Å². The number of nitrogens with two attached hydrogens (primary N) is 2. The van der Waals surface area contributed by atoms with Gasteiger partial charge in [0.05, 0.1) is 0 Å². The van der Waals surface area contributed by atoms with E-state index in [0.29, 0.717) is 11.4 Å². The molecule has 0 unspecified atom stereocenters. The van der Waals surface area contributed by atoms with Crippen molar-refractivity contribution < 1.29 is 4.79 Å². The molecule has 0 radical (unpaired) electrons. The first-order chi connectivity index (χ1) is 5.59. The molecule has 0 heterocycles. The number of rotatable bonds is 4. The van der Waals surface area contributed by atoms with Crippen LogP contribution in [0.1, 0.15) is 32.6 Å². The maximum Gasteiger partial charge on any atom is 0.243 e. The molecule has 0 rings (SSSR count). The highest BCUT2D eigenvalue weighted by molar-refractivity contribution is 5.93. The molecule has 0 aromatic rings. The van der Waals surface area contributed by atoms with Gasteiger partial charge in [0.15, 0.2) is 0 Å². The molecule has 0 saturated carbocycles. The lowest BCUT2D eigenvalue weighted by atomic mass is 10.2. The highest BCUT2D eigenvalue weighted by Gasteiger charge is 2.10. The smallest absolute Gasteiger partial charge is 0.243 e. The summed E-state index contributed by atoms with van der Waals surface area (Å²) < 4.78 is 0. The maximum absolute atomic E-state index is 11.0. The van der Waals surface area contributed by atoms with Crippen molar-refractivity contribution in [3.8, 4) is 0 Å². The molecule has 5 nitrogen and oxygen atoms in total. The molecule has 1 amide bonds. The van der Waals surface area contributed by atoms with Crippen molar-refractivity contribution in [1.82, 2.24) is 5.01 Å². The van der Waals surface area contributed by atoms with Gasteiger partial charge in [-0.05, 0) is 6.42 Å². The summed E-state index contributed by atoms with van der Waals surface area (Å²) in [5.74, 6) is 4.48. The summed E-state index contributed by atoms with van der Waals surface area (Å²) in [7, 11) is 0. The topological polar surface area (TPSA) is 96.2 Å². The van der Waals surface area contributed by atoms with Crippen LogP contribution in [0.25, 0.3) is 0 Å². The highest BCUT2D eigenvalue weighted by atomic mass is 16.2. The van der Waals surface area contributed by atoms with Crippen LogP contribution in [0.5, 0.6) is 0 Å². The van der Waals surface area contributed by atoms with Gasteiger partial charge in [0.1, 0.15) is 0 Å². The molecule has 0 spiro atoms. The van der Waals surface area contributed by atoms with Crippen molar-refractivity contribution in [3.05, 3.63) is 0 Å². The number of unbranched alkanes of at least 4 members (excludes halogenated alkanes) is 2. The normalized spacial score (nSPS) is 9.50. The number of nitrogens with one attached hydrogen (secondary N) is 1. The molecule has 0 aromatic heterocycles. The van der Waals surface area contributed by atoms with E-state index in [9.17, 15) is 4.79 Å². The molecule has 12 heavy (non-hydrogen) atoms. The number of amides is 1. The van der Waals surface area contributed by atoms with Crippen LogP contribution in [0.4, 0.5) is 0 Å². The summed E-state index contributed by atoms with van der Waals surface area (Å²) in [5, 5.41) is 7.55. The lowest BCUT2D eigenvalue weighted by Crippen LogP contribution is -2.46. The quantitative estimate of drug-likeness (QED) is 0.141. The van der Waals surface area contributed by atoms with Gasteiger partial charge in [0.2, 0.25) is 11.9 Å². The first kappa shape index (κ1) is 10.9. The Morgan fingerprint density at radius 1 is 1.50 bits per heavy atom. The number of hydrogen-bond donors (Lipinski definition) is 3. The van der Waals surface area contributed by atoms with Crippen molar-refractivity contribution in [3.63, 3.8) is 0 Å². The lowest BCUT2D eigenvalue weighted by molar-refractivity contribution is -0.127. The molecule has 5 N–H and O–H groups in total. The minimum absolute atomic E-state index is 0.295. The molecular formula is C7H16N4O. The summed E-state index contributed by atoms with van der Waals surface area (Å²) in [5.41, 5.74) is 5.00. The summed E-state index contributed by atoms with van der Waals surface area (Å²) >= 11 is 0. The molecule has 0 atom stereocenters. The van der Waals surface area contributed by atoms with E-state index < -0.39 is 5.96 Å². The summed E-state index contributed by atoms with van der Waals surface area (Å²) in [6.07, 6.45) is 3.22. The second-order valence-electron chi connectivity index (χ2n) is 2.61. The Bertz CT molecular complexity index is 169. The Kier molecular flexibility index (Phi) is 5.03. The average molecular weight is 172 g/mol. The Hall–Kier alpha value is -1.10. The molecule has 0 saturated heterocycles. The molecule has 70 valence electrons. The van der Waals surface area contributed by atoms with Crippen molar-refractivity contribution in [2.75, 3.05) is 0 Å². The van der Waals surface area contributed by atoms with Gasteiger partial charge in [-0.1, -0.05) is 19.8 Å². The standard InChI is InChI=1S/C7H16N4O/c1-2-3-4-5-6(12)11(10)7(8)9/h2-5,10H2,1H3,(H3,8,9). The fraction of sp³-hybridized carbons (Fsp3) is 0.714. The minimum atomic E-state index is -0.406. The van der Waals surface area contributed by atoms with E-state index in [4.69, 9.17) is 17.0 Å². The number of nitrogens with zero attached hydrogens (tertiary/aromatic N) is 1. The van der Waals surface area contributed by atoms with E-state index in [1.807, 2.05) is 0 Å². The molecule has 0 aliphatic carbocycles. The number of carbonyl (C=O) groups is 1. The highest BCUT2D eigenvalue weighted by Crippen LogP contribution is 2.00. The van der Waals surface area contributed by atoms with Crippen LogP contribution in [-0.4, -0.2) is 16.9 Å². The zero-order valence-electron chi connectivity index (χ0n) is 7.34. The Morgan fingerprint density at radius 2 is 2.08 bits per heavy atom. The number of carbonyl (C=O) groups excluding carboxylic acids is 1. The van der Waals surface area contributed by atoms with Gasteiger partial charge in [0.25, 0.3) is 0 Å². The molecule has 0 aliphatic heterocycles. The molecule has 0 bridgehead atoms. The van der Waals surface area contributed by atoms with Crippen LogP contribution in [0.3, 0.4) is 0 Å². The van der Waals surface area contributed by atoms with Crippen LogP contribution >= 0.6 is 0 Å². The van der Waals surface area contributed by atoms with Crippen LogP contribution in [0.15, 0.2) is 0 Å². The van der Waals surface area contributed by atoms with Gasteiger partial charge in [0, 0.05) is 6.42 Å². The van der Waals surface area contributed by atoms with Crippen LogP contribution in [0, 0.1) is 5.41 Å². The van der Waals surface area contributed by atoms with E-state index >= 15 is 0 Å². The summed E-state index contributed by atoms with van der Waals surface area (Å²) in [6, 6.07) is 0. The van der Waals surface area contributed by atoms with E-state index in [2.05, 4.69) is 6.92 Å². The number of guanidine groups is 1. The van der Waals surface area contributed by atoms with Crippen LogP contribution < -0.4 is 11.6 Å². The monoisotopic (exact) mass is 172 g/mol. The van der Waals surface area contributed by atoms with Gasteiger partial charge in [-0.25, -0.2) is 10.9 Å². The molecule has 0 fully saturated rings. The van der Waals surface area contributed by atoms with Crippen molar-refractivity contribution in [2.24, 2.45) is 11.6 Å². The van der Waals surface area contributed by atoms with Crippen molar-refractivity contribution in [2.45, 2.75) is 32.6 Å². The number of hydrogen-bond acceptors (Lipinski definition) is 3. The van der Waals surface area contributed by atoms with Crippen molar-refractivity contribution in [1.29, 1.82) is 5.41 Å². The third-order valence-corrected chi connectivity index (χ3v) is 1.52. The third-order valence-electron chi connectivity index (χ3n) is 1.52. The fourth-order valence-electron chi connectivity index (χ4n) is 0.781. The van der Waals surface area contributed by atoms with E-state index in [0.717, 1.165) is 19.3 Å². The van der Waals surface area contributed by atoms with Crippen LogP contribution in [0.2, 0.25) is 0 Å². The van der Waals surface area contributed by atoms with Gasteiger partial charge in [-0.3, -0.25) is 10.2 Å². The minimum Gasteiger partial charge on any atom is -0.369 e. The zero-order chi connectivity index (χ0) is 9.56. The second-order valence-corrected chi connectivity index (χ2v) is 2.61. The second kappa shape index (κ2) is 5.54. The lowest BCUT2D eigenvalue weighted by Gasteiger charge is -2.13. The van der Waals surface area contributed by atoms with E-state index in [-0.39, 0.29) is 5.91 Å². The Balaban J connectivity index is 3.65. The largest absolute Gasteiger partial charge is 0.369 e. The third kappa shape index (κ3) is 3.92. The first-order valence-electron chi connectivity index (χ1n) is 4.01. The fourth-order valence-corrected chi connectivity index (χ4v) is 0.781. The maximum atomic E-state index is 11.0. The van der Waals surface area contributed by atoms with E-state index in [1.165, 1.54) is 0 Å². The number of hydrazine groups is 1. The van der Waals surface area contributed by atoms with Gasteiger partial charge in [-0.2, -0.15) is 0 Å². The predicted molar refractivity (Wildman–Crippen MR) is 47.1 cm³/mol. The summed E-state index contributed by atoms with van der Waals surface area (Å²) in [4.78, 5) is 11.0. The SMILES string of the molecule is CCCCCC(=O)N(N)C(=N)N. The van der Waals surface area contributed by atoms with Gasteiger partial charge < -0.3 is 5.73 Å². The average Bonchev–Trinajstić information content (AvgIpc) is 2.03. The van der Waals surface area contributed by atoms with Gasteiger partial charge >= 0.3 is 0 Å². The molecular weight excluding hydrogens is 156 g/mol. The molecule has 0 aromatic carbocycles. The van der Waals surface area contributed by atoms with Gasteiger partial charge in [-0.15, -0.1) is 0 Å². The Labute approximate surface area is 72.2 Å². The van der Waals surface area contributed by atoms with Crippen molar-refractivity contribution >= 4 is 11.9 Å².